The largest absolute Gasteiger partial charge is 0.481 e. The fourth-order valence-electron chi connectivity index (χ4n) is 1.75. The minimum Gasteiger partial charge on any atom is -0.481 e. The van der Waals surface area contributed by atoms with Crippen molar-refractivity contribution in [2.75, 3.05) is 6.61 Å². The van der Waals surface area contributed by atoms with Gasteiger partial charge in [0.25, 0.3) is 0 Å². The van der Waals surface area contributed by atoms with Crippen molar-refractivity contribution < 1.29 is 30.0 Å². The highest BCUT2D eigenvalue weighted by molar-refractivity contribution is 5.66. The fourth-order valence-corrected chi connectivity index (χ4v) is 1.75. The lowest BCUT2D eigenvalue weighted by Gasteiger charge is -2.02. The number of hydrogen-bond acceptors (Lipinski definition) is 6. The molecule has 7 nitrogen and oxygen atoms in total. The Morgan fingerprint density at radius 3 is 1.95 bits per heavy atom. The Morgan fingerprint density at radius 2 is 1.42 bits per heavy atom. The number of carboxylic acids is 1. The molecule has 0 spiro atoms. The van der Waals surface area contributed by atoms with Gasteiger partial charge >= 0.3 is 5.97 Å². The van der Waals surface area contributed by atoms with Gasteiger partial charge in [-0.1, -0.05) is 49.9 Å². The van der Waals surface area contributed by atoms with E-state index in [-0.39, 0.29) is 6.42 Å². The van der Waals surface area contributed by atoms with Gasteiger partial charge in [0.15, 0.2) is 0 Å². The lowest BCUT2D eigenvalue weighted by atomic mass is 10.1. The molecule has 0 aliphatic rings. The van der Waals surface area contributed by atoms with E-state index in [4.69, 9.17) is 10.3 Å². The molecule has 3 N–H and O–H groups in total. The van der Waals surface area contributed by atoms with Crippen LogP contribution in [0.5, 0.6) is 0 Å². The molecule has 0 rings (SSSR count). The SMILES string of the molecule is O=C(O)CCCCCCCCCCCOOONO. The van der Waals surface area contributed by atoms with E-state index in [0.29, 0.717) is 6.61 Å². The van der Waals surface area contributed by atoms with Crippen molar-refractivity contribution in [3.05, 3.63) is 0 Å². The molecule has 0 aromatic carbocycles. The first-order valence-electron chi connectivity index (χ1n) is 6.83. The zero-order valence-electron chi connectivity index (χ0n) is 11.3. The van der Waals surface area contributed by atoms with Crippen LogP contribution in [0.2, 0.25) is 0 Å². The minimum atomic E-state index is -0.702. The third-order valence-corrected chi connectivity index (χ3v) is 2.74. The van der Waals surface area contributed by atoms with Crippen LogP contribution in [0.3, 0.4) is 0 Å². The highest BCUT2D eigenvalue weighted by Gasteiger charge is 1.97. The molecule has 0 saturated carbocycles. The van der Waals surface area contributed by atoms with E-state index in [1.165, 1.54) is 24.9 Å². The topological polar surface area (TPSA) is 97.3 Å². The average molecular weight is 279 g/mol. The maximum Gasteiger partial charge on any atom is 0.303 e. The molecule has 0 heterocycles. The molecule has 0 radical (unpaired) electrons. The Bertz CT molecular complexity index is 203. The van der Waals surface area contributed by atoms with Gasteiger partial charge in [-0.15, -0.1) is 0 Å². The van der Waals surface area contributed by atoms with Gasteiger partial charge in [0.1, 0.15) is 0 Å². The van der Waals surface area contributed by atoms with Crippen molar-refractivity contribution in [1.82, 2.24) is 5.64 Å². The fraction of sp³-hybridized carbons (Fsp3) is 0.917. The average Bonchev–Trinajstić information content (AvgIpc) is 2.39. The summed E-state index contributed by atoms with van der Waals surface area (Å²) in [5.74, 6) is -0.702. The van der Waals surface area contributed by atoms with Crippen molar-refractivity contribution in [2.45, 2.75) is 64.2 Å². The Labute approximate surface area is 113 Å². The number of rotatable bonds is 15. The monoisotopic (exact) mass is 279 g/mol. The third kappa shape index (κ3) is 17.3. The van der Waals surface area contributed by atoms with Crippen LogP contribution in [0, 0.1) is 0 Å². The van der Waals surface area contributed by atoms with Crippen LogP contribution in [-0.2, 0) is 19.7 Å². The first-order chi connectivity index (χ1) is 9.27. The van der Waals surface area contributed by atoms with E-state index >= 15 is 0 Å². The minimum absolute atomic E-state index is 0.289. The van der Waals surface area contributed by atoms with Crippen molar-refractivity contribution >= 4 is 5.97 Å². The smallest absolute Gasteiger partial charge is 0.303 e. The summed E-state index contributed by atoms with van der Waals surface area (Å²) in [7, 11) is 0. The molecule has 114 valence electrons. The van der Waals surface area contributed by atoms with Gasteiger partial charge in [0.2, 0.25) is 0 Å². The summed E-state index contributed by atoms with van der Waals surface area (Å²) < 4.78 is 0. The first kappa shape index (κ1) is 18.3. The number of aliphatic carboxylic acids is 1. The molecule has 7 heteroatoms. The Balaban J connectivity index is 2.93. The summed E-state index contributed by atoms with van der Waals surface area (Å²) in [5.41, 5.74) is 1.33. The Morgan fingerprint density at radius 1 is 0.895 bits per heavy atom. The van der Waals surface area contributed by atoms with Gasteiger partial charge in [-0.05, 0) is 23.5 Å². The Kier molecular flexibility index (Phi) is 14.7. The van der Waals surface area contributed by atoms with Crippen molar-refractivity contribution in [3.8, 4) is 0 Å². The second-order valence-corrected chi connectivity index (χ2v) is 4.39. The predicted molar refractivity (Wildman–Crippen MR) is 66.9 cm³/mol. The van der Waals surface area contributed by atoms with Crippen molar-refractivity contribution in [1.29, 1.82) is 0 Å². The zero-order chi connectivity index (χ0) is 14.2. The number of carbonyl (C=O) groups is 1. The highest BCUT2D eigenvalue weighted by atomic mass is 17.6. The summed E-state index contributed by atoms with van der Waals surface area (Å²) >= 11 is 0. The van der Waals surface area contributed by atoms with Crippen LogP contribution in [0.15, 0.2) is 0 Å². The quantitative estimate of drug-likeness (QED) is 0.241. The van der Waals surface area contributed by atoms with Crippen LogP contribution in [0.1, 0.15) is 64.2 Å². The van der Waals surface area contributed by atoms with E-state index in [1.807, 2.05) is 0 Å². The lowest BCUT2D eigenvalue weighted by Crippen LogP contribution is -2.09. The van der Waals surface area contributed by atoms with Crippen LogP contribution in [0.4, 0.5) is 0 Å². The molecule has 0 aromatic rings. The second-order valence-electron chi connectivity index (χ2n) is 4.39. The molecule has 0 unspecified atom stereocenters. The molecular weight excluding hydrogens is 254 g/mol. The maximum atomic E-state index is 10.3. The molecule has 0 aliphatic carbocycles. The maximum absolute atomic E-state index is 10.3. The number of hydrogen-bond donors (Lipinski definition) is 3. The van der Waals surface area contributed by atoms with E-state index in [2.05, 4.69) is 14.9 Å². The van der Waals surface area contributed by atoms with E-state index in [0.717, 1.165) is 38.5 Å². The summed E-state index contributed by atoms with van der Waals surface area (Å²) in [6.07, 6.45) is 9.87. The van der Waals surface area contributed by atoms with E-state index in [9.17, 15) is 4.79 Å². The van der Waals surface area contributed by atoms with Gasteiger partial charge in [0, 0.05) is 6.42 Å². The van der Waals surface area contributed by atoms with Crippen LogP contribution < -0.4 is 5.64 Å². The van der Waals surface area contributed by atoms with Crippen LogP contribution >= 0.6 is 0 Å². The summed E-state index contributed by atoms with van der Waals surface area (Å²) in [4.78, 5) is 18.7. The normalized spacial score (nSPS) is 10.8. The van der Waals surface area contributed by atoms with Gasteiger partial charge in [0.05, 0.1) is 6.61 Å². The van der Waals surface area contributed by atoms with E-state index < -0.39 is 5.97 Å². The standard InChI is InChI=1S/C12H25NO6/c14-12(15)10-8-6-4-2-1-3-5-7-9-11-17-19-18-13-16/h13,16H,1-11H2,(H,14,15). The van der Waals surface area contributed by atoms with Crippen molar-refractivity contribution in [3.63, 3.8) is 0 Å². The molecule has 0 fully saturated rings. The number of carboxylic acid groups (broad SMARTS) is 1. The van der Waals surface area contributed by atoms with Crippen LogP contribution in [0.25, 0.3) is 0 Å². The van der Waals surface area contributed by atoms with Crippen LogP contribution in [-0.4, -0.2) is 22.9 Å². The first-order valence-corrected chi connectivity index (χ1v) is 6.83. The molecule has 0 saturated heterocycles. The summed E-state index contributed by atoms with van der Waals surface area (Å²) in [6.45, 7) is 0.427. The van der Waals surface area contributed by atoms with Gasteiger partial charge < -0.3 is 5.11 Å². The van der Waals surface area contributed by atoms with E-state index in [1.54, 1.807) is 0 Å². The summed E-state index contributed by atoms with van der Waals surface area (Å²) in [5, 5.41) is 20.5. The second kappa shape index (κ2) is 15.3. The Hall–Kier alpha value is -0.730. The predicted octanol–water partition coefficient (Wildman–Crippen LogP) is 2.75. The molecular formula is C12H25NO6. The lowest BCUT2D eigenvalue weighted by molar-refractivity contribution is -0.557. The molecule has 0 aliphatic heterocycles. The van der Waals surface area contributed by atoms with Gasteiger partial charge in [-0.25, -0.2) is 4.89 Å². The molecule has 19 heavy (non-hydrogen) atoms. The zero-order valence-corrected chi connectivity index (χ0v) is 11.3. The summed E-state index contributed by atoms with van der Waals surface area (Å²) in [6, 6.07) is 0. The van der Waals surface area contributed by atoms with Gasteiger partial charge in [-0.3, -0.25) is 10.0 Å². The molecule has 0 aromatic heterocycles. The highest BCUT2D eigenvalue weighted by Crippen LogP contribution is 2.10. The molecule has 0 atom stereocenters. The van der Waals surface area contributed by atoms with Gasteiger partial charge in [-0.2, -0.15) is 0 Å². The molecule has 0 bridgehead atoms. The molecule has 0 amide bonds. The van der Waals surface area contributed by atoms with Crippen molar-refractivity contribution in [2.24, 2.45) is 0 Å². The number of unbranched alkanes of at least 4 members (excludes halogenated alkanes) is 8. The third-order valence-electron chi connectivity index (χ3n) is 2.74. The number of nitrogens with one attached hydrogen (secondary N) is 1.